The second-order valence-electron chi connectivity index (χ2n) is 5.56. The summed E-state index contributed by atoms with van der Waals surface area (Å²) < 4.78 is 5.02. The molecule has 0 aliphatic heterocycles. The number of nitrogens with zero attached hydrogens (tertiary/aromatic N) is 1. The molecule has 2 rings (SSSR count). The Balaban J connectivity index is 2.05. The largest absolute Gasteiger partial charge is 0.462 e. The standard InChI is InChI=1S/C16H25N3O2/c1-2-21-16(20)13-10-15(18-11-14(13)17)19-12-8-6-4-3-5-7-9-12/h10-12H,2-9,17H2,1H3,(H,18,19). The van der Waals surface area contributed by atoms with E-state index in [1.807, 2.05) is 0 Å². The third-order valence-corrected chi connectivity index (χ3v) is 3.89. The highest BCUT2D eigenvalue weighted by Crippen LogP contribution is 2.22. The Kier molecular flexibility index (Phi) is 5.84. The summed E-state index contributed by atoms with van der Waals surface area (Å²) in [5.41, 5.74) is 6.56. The third-order valence-electron chi connectivity index (χ3n) is 3.89. The molecule has 0 radical (unpaired) electrons. The molecule has 21 heavy (non-hydrogen) atoms. The number of anilines is 2. The molecule has 0 atom stereocenters. The van der Waals surface area contributed by atoms with E-state index in [1.165, 1.54) is 38.3 Å². The zero-order valence-corrected chi connectivity index (χ0v) is 12.7. The molecule has 1 aromatic rings. The Bertz CT molecular complexity index is 469. The van der Waals surface area contributed by atoms with Crippen molar-refractivity contribution in [3.8, 4) is 0 Å². The Morgan fingerprint density at radius 1 is 1.33 bits per heavy atom. The fourth-order valence-corrected chi connectivity index (χ4v) is 2.74. The quantitative estimate of drug-likeness (QED) is 0.832. The van der Waals surface area contributed by atoms with E-state index in [4.69, 9.17) is 10.5 Å². The number of hydrogen-bond donors (Lipinski definition) is 2. The van der Waals surface area contributed by atoms with Crippen LogP contribution in [0.15, 0.2) is 12.3 Å². The Labute approximate surface area is 126 Å². The maximum atomic E-state index is 11.9. The molecule has 0 bridgehead atoms. The lowest BCUT2D eigenvalue weighted by Crippen LogP contribution is -2.21. The van der Waals surface area contributed by atoms with Gasteiger partial charge < -0.3 is 15.8 Å². The first-order valence-corrected chi connectivity index (χ1v) is 7.90. The van der Waals surface area contributed by atoms with Gasteiger partial charge in [0.15, 0.2) is 0 Å². The van der Waals surface area contributed by atoms with Gasteiger partial charge in [0.25, 0.3) is 0 Å². The summed E-state index contributed by atoms with van der Waals surface area (Å²) in [4.78, 5) is 16.1. The second kappa shape index (κ2) is 7.86. The van der Waals surface area contributed by atoms with Crippen molar-refractivity contribution in [2.75, 3.05) is 17.7 Å². The fraction of sp³-hybridized carbons (Fsp3) is 0.625. The number of nitrogen functional groups attached to an aromatic ring is 1. The Morgan fingerprint density at radius 3 is 2.67 bits per heavy atom. The summed E-state index contributed by atoms with van der Waals surface area (Å²) in [5.74, 6) is 0.316. The predicted octanol–water partition coefficient (Wildman–Crippen LogP) is 3.37. The van der Waals surface area contributed by atoms with Crippen molar-refractivity contribution in [1.82, 2.24) is 4.98 Å². The molecule has 0 aromatic carbocycles. The van der Waals surface area contributed by atoms with E-state index in [2.05, 4.69) is 10.3 Å². The lowest BCUT2D eigenvalue weighted by molar-refractivity contribution is 0.0527. The Hall–Kier alpha value is -1.78. The summed E-state index contributed by atoms with van der Waals surface area (Å²) in [6.45, 7) is 2.12. The van der Waals surface area contributed by atoms with Crippen molar-refractivity contribution >= 4 is 17.5 Å². The summed E-state index contributed by atoms with van der Waals surface area (Å²) >= 11 is 0. The molecule has 1 aromatic heterocycles. The summed E-state index contributed by atoms with van der Waals surface area (Å²) in [6.07, 6.45) is 10.3. The van der Waals surface area contributed by atoms with Crippen molar-refractivity contribution in [3.63, 3.8) is 0 Å². The van der Waals surface area contributed by atoms with Crippen molar-refractivity contribution < 1.29 is 9.53 Å². The fourth-order valence-electron chi connectivity index (χ4n) is 2.74. The van der Waals surface area contributed by atoms with Crippen LogP contribution in [0.25, 0.3) is 0 Å². The van der Waals surface area contributed by atoms with E-state index in [-0.39, 0.29) is 0 Å². The molecule has 1 aliphatic rings. The van der Waals surface area contributed by atoms with Crippen LogP contribution in [0.2, 0.25) is 0 Å². The van der Waals surface area contributed by atoms with Crippen molar-refractivity contribution in [2.45, 2.75) is 57.9 Å². The normalized spacial score (nSPS) is 16.8. The zero-order valence-electron chi connectivity index (χ0n) is 12.7. The molecule has 0 spiro atoms. The van der Waals surface area contributed by atoms with E-state index in [0.717, 1.165) is 12.8 Å². The predicted molar refractivity (Wildman–Crippen MR) is 84.3 cm³/mol. The minimum atomic E-state index is -0.391. The highest BCUT2D eigenvalue weighted by molar-refractivity contribution is 5.95. The molecule has 116 valence electrons. The maximum Gasteiger partial charge on any atom is 0.340 e. The molecule has 0 amide bonds. The summed E-state index contributed by atoms with van der Waals surface area (Å²) in [6, 6.07) is 2.13. The smallest absolute Gasteiger partial charge is 0.340 e. The van der Waals surface area contributed by atoms with Crippen molar-refractivity contribution in [3.05, 3.63) is 17.8 Å². The van der Waals surface area contributed by atoms with Gasteiger partial charge in [-0.25, -0.2) is 9.78 Å². The molecule has 1 fully saturated rings. The average molecular weight is 291 g/mol. The van der Waals surface area contributed by atoms with Gasteiger partial charge in [0.1, 0.15) is 5.82 Å². The van der Waals surface area contributed by atoms with Gasteiger partial charge in [0.05, 0.1) is 24.1 Å². The number of carbonyl (C=O) groups excluding carboxylic acids is 1. The van der Waals surface area contributed by atoms with Crippen LogP contribution in [0.4, 0.5) is 11.5 Å². The lowest BCUT2D eigenvalue weighted by atomic mass is 9.97. The molecule has 3 N–H and O–H groups in total. The first kappa shape index (κ1) is 15.6. The number of pyridine rings is 1. The van der Waals surface area contributed by atoms with E-state index >= 15 is 0 Å². The molecule has 5 nitrogen and oxygen atoms in total. The highest BCUT2D eigenvalue weighted by Gasteiger charge is 2.15. The zero-order chi connectivity index (χ0) is 15.1. The van der Waals surface area contributed by atoms with Crippen LogP contribution in [-0.4, -0.2) is 23.6 Å². The average Bonchev–Trinajstić information content (AvgIpc) is 2.43. The number of ether oxygens (including phenoxy) is 1. The molecule has 1 aliphatic carbocycles. The number of rotatable bonds is 4. The van der Waals surface area contributed by atoms with Gasteiger partial charge in [0, 0.05) is 6.04 Å². The number of nitrogens with two attached hydrogens (primary N) is 1. The SMILES string of the molecule is CCOC(=O)c1cc(NC2CCCCCCC2)ncc1N. The first-order chi connectivity index (χ1) is 10.2. The monoisotopic (exact) mass is 291 g/mol. The van der Waals surface area contributed by atoms with Crippen LogP contribution in [0, 0.1) is 0 Å². The van der Waals surface area contributed by atoms with E-state index in [1.54, 1.807) is 13.0 Å². The molecule has 1 saturated carbocycles. The van der Waals surface area contributed by atoms with Crippen LogP contribution >= 0.6 is 0 Å². The van der Waals surface area contributed by atoms with E-state index in [0.29, 0.717) is 29.7 Å². The maximum absolute atomic E-state index is 11.9. The third kappa shape index (κ3) is 4.62. The molecule has 0 unspecified atom stereocenters. The minimum Gasteiger partial charge on any atom is -0.462 e. The molecule has 5 heteroatoms. The Morgan fingerprint density at radius 2 is 2.00 bits per heavy atom. The number of aromatic nitrogens is 1. The minimum absolute atomic E-state index is 0.339. The molecular formula is C16H25N3O2. The molecule has 1 heterocycles. The van der Waals surface area contributed by atoms with E-state index < -0.39 is 5.97 Å². The second-order valence-corrected chi connectivity index (χ2v) is 5.56. The van der Waals surface area contributed by atoms with Crippen LogP contribution in [0.1, 0.15) is 62.2 Å². The van der Waals surface area contributed by atoms with Gasteiger partial charge in [0.2, 0.25) is 0 Å². The van der Waals surface area contributed by atoms with Gasteiger partial charge in [-0.3, -0.25) is 0 Å². The van der Waals surface area contributed by atoms with Gasteiger partial charge in [-0.05, 0) is 25.8 Å². The number of nitrogens with one attached hydrogen (secondary N) is 1. The van der Waals surface area contributed by atoms with Crippen molar-refractivity contribution in [2.24, 2.45) is 0 Å². The van der Waals surface area contributed by atoms with Gasteiger partial charge in [-0.15, -0.1) is 0 Å². The number of hydrogen-bond acceptors (Lipinski definition) is 5. The summed E-state index contributed by atoms with van der Waals surface area (Å²) in [7, 11) is 0. The lowest BCUT2D eigenvalue weighted by Gasteiger charge is -2.21. The van der Waals surface area contributed by atoms with Gasteiger partial charge in [-0.2, -0.15) is 0 Å². The topological polar surface area (TPSA) is 77.2 Å². The van der Waals surface area contributed by atoms with Crippen LogP contribution < -0.4 is 11.1 Å². The van der Waals surface area contributed by atoms with Crippen LogP contribution in [0.3, 0.4) is 0 Å². The van der Waals surface area contributed by atoms with Crippen LogP contribution in [-0.2, 0) is 4.74 Å². The highest BCUT2D eigenvalue weighted by atomic mass is 16.5. The molecular weight excluding hydrogens is 266 g/mol. The van der Waals surface area contributed by atoms with Gasteiger partial charge in [-0.1, -0.05) is 32.1 Å². The van der Waals surface area contributed by atoms with Gasteiger partial charge >= 0.3 is 5.97 Å². The number of esters is 1. The molecule has 0 saturated heterocycles. The summed E-state index contributed by atoms with van der Waals surface area (Å²) in [5, 5.41) is 3.44. The number of carbonyl (C=O) groups is 1. The van der Waals surface area contributed by atoms with Crippen LogP contribution in [0.5, 0.6) is 0 Å². The van der Waals surface area contributed by atoms with Crippen molar-refractivity contribution in [1.29, 1.82) is 0 Å². The first-order valence-electron chi connectivity index (χ1n) is 7.90. The van der Waals surface area contributed by atoms with E-state index in [9.17, 15) is 4.79 Å².